The maximum absolute atomic E-state index is 13.9. The third kappa shape index (κ3) is 4.22. The van der Waals surface area contributed by atoms with E-state index in [1.165, 1.54) is 25.3 Å². The molecule has 2 aromatic rings. The van der Waals surface area contributed by atoms with Crippen molar-refractivity contribution < 1.29 is 17.6 Å². The van der Waals surface area contributed by atoms with E-state index >= 15 is 0 Å². The van der Waals surface area contributed by atoms with Gasteiger partial charge in [0.2, 0.25) is 5.91 Å². The van der Waals surface area contributed by atoms with E-state index in [2.05, 4.69) is 5.32 Å². The normalized spacial score (nSPS) is 15.1. The molecular formula is C22H22FNO3S. The Hall–Kier alpha value is -2.73. The molecule has 0 aromatic heterocycles. The number of rotatable bonds is 5. The summed E-state index contributed by atoms with van der Waals surface area (Å²) in [6.45, 7) is 3.93. The summed E-state index contributed by atoms with van der Waals surface area (Å²) in [5, 5.41) is 2.78. The summed E-state index contributed by atoms with van der Waals surface area (Å²) in [6.07, 6.45) is 3.76. The van der Waals surface area contributed by atoms with E-state index in [0.717, 1.165) is 33.4 Å². The summed E-state index contributed by atoms with van der Waals surface area (Å²) in [5.74, 6) is -0.403. The molecule has 0 atom stereocenters. The number of allylic oxidation sites excluding steroid dienone is 2. The molecule has 28 heavy (non-hydrogen) atoms. The van der Waals surface area contributed by atoms with Gasteiger partial charge < -0.3 is 5.32 Å². The molecule has 0 saturated heterocycles. The fourth-order valence-corrected chi connectivity index (χ4v) is 4.05. The monoisotopic (exact) mass is 399 g/mol. The molecule has 0 radical (unpaired) electrons. The Morgan fingerprint density at radius 3 is 2.39 bits per heavy atom. The molecule has 0 unspecified atom stereocenters. The van der Waals surface area contributed by atoms with E-state index in [4.69, 9.17) is 0 Å². The highest BCUT2D eigenvalue weighted by molar-refractivity contribution is 7.90. The first-order valence-electron chi connectivity index (χ1n) is 8.93. The summed E-state index contributed by atoms with van der Waals surface area (Å²) in [4.78, 5) is 11.4. The van der Waals surface area contributed by atoms with Crippen LogP contribution in [0.15, 0.2) is 52.9 Å². The molecule has 0 aliphatic heterocycles. The highest BCUT2D eigenvalue weighted by Crippen LogP contribution is 2.43. The van der Waals surface area contributed by atoms with E-state index < -0.39 is 9.84 Å². The van der Waals surface area contributed by atoms with E-state index in [0.29, 0.717) is 13.0 Å². The summed E-state index contributed by atoms with van der Waals surface area (Å²) >= 11 is 0. The predicted octanol–water partition coefficient (Wildman–Crippen LogP) is 4.08. The number of sulfone groups is 1. The third-order valence-corrected chi connectivity index (χ3v) is 5.95. The summed E-state index contributed by atoms with van der Waals surface area (Å²) < 4.78 is 37.1. The van der Waals surface area contributed by atoms with Crippen molar-refractivity contribution in [1.29, 1.82) is 0 Å². The molecule has 1 N–H and O–H groups in total. The van der Waals surface area contributed by atoms with Crippen molar-refractivity contribution in [2.45, 2.75) is 25.2 Å². The highest BCUT2D eigenvalue weighted by atomic mass is 32.2. The summed E-state index contributed by atoms with van der Waals surface area (Å²) in [7, 11) is -3.24. The fourth-order valence-electron chi connectivity index (χ4n) is 3.42. The molecule has 3 rings (SSSR count). The standard InChI is InChI=1S/C22H22FNO3S/c1-14-19(10-11-24-15(2)25)22-13-17(23)6-9-20(22)21(14)12-16-4-7-18(8-5-16)28(3,26)27/h4-9,12-13H,10-11H2,1-3H3,(H,24,25). The molecule has 0 fully saturated rings. The smallest absolute Gasteiger partial charge is 0.216 e. The van der Waals surface area contributed by atoms with E-state index in [9.17, 15) is 17.6 Å². The van der Waals surface area contributed by atoms with Gasteiger partial charge in [-0.2, -0.15) is 0 Å². The van der Waals surface area contributed by atoms with Gasteiger partial charge in [0.15, 0.2) is 9.84 Å². The molecule has 146 valence electrons. The van der Waals surface area contributed by atoms with Crippen LogP contribution in [0.3, 0.4) is 0 Å². The first kappa shape index (κ1) is 20.0. The molecule has 2 aromatic carbocycles. The minimum absolute atomic E-state index is 0.0996. The Bertz CT molecular complexity index is 1100. The molecule has 0 bridgehead atoms. The van der Waals surface area contributed by atoms with Crippen molar-refractivity contribution in [3.8, 4) is 0 Å². The van der Waals surface area contributed by atoms with Crippen LogP contribution in [-0.4, -0.2) is 27.1 Å². The van der Waals surface area contributed by atoms with Gasteiger partial charge in [-0.3, -0.25) is 4.79 Å². The summed E-state index contributed by atoms with van der Waals surface area (Å²) in [6, 6.07) is 11.4. The van der Waals surface area contributed by atoms with Gasteiger partial charge in [0.05, 0.1) is 4.90 Å². The van der Waals surface area contributed by atoms with Crippen LogP contribution in [0, 0.1) is 5.82 Å². The molecule has 1 amide bonds. The Kier molecular flexibility index (Phi) is 5.52. The highest BCUT2D eigenvalue weighted by Gasteiger charge is 2.24. The second-order valence-electron chi connectivity index (χ2n) is 6.93. The van der Waals surface area contributed by atoms with Crippen molar-refractivity contribution in [1.82, 2.24) is 5.32 Å². The molecule has 4 nitrogen and oxygen atoms in total. The van der Waals surface area contributed by atoms with Gasteiger partial charge in [-0.15, -0.1) is 0 Å². The lowest BCUT2D eigenvalue weighted by Crippen LogP contribution is -2.21. The Morgan fingerprint density at radius 1 is 1.11 bits per heavy atom. The van der Waals surface area contributed by atoms with E-state index in [-0.39, 0.29) is 16.6 Å². The Morgan fingerprint density at radius 2 is 1.79 bits per heavy atom. The van der Waals surface area contributed by atoms with Crippen LogP contribution >= 0.6 is 0 Å². The number of carbonyl (C=O) groups is 1. The van der Waals surface area contributed by atoms with Crippen LogP contribution in [0.1, 0.15) is 37.0 Å². The predicted molar refractivity (Wildman–Crippen MR) is 110 cm³/mol. The van der Waals surface area contributed by atoms with Crippen LogP contribution in [0.25, 0.3) is 17.2 Å². The fraction of sp³-hybridized carbons (Fsp3) is 0.227. The van der Waals surface area contributed by atoms with Crippen LogP contribution in [-0.2, 0) is 14.6 Å². The molecule has 0 spiro atoms. The van der Waals surface area contributed by atoms with Crippen molar-refractivity contribution in [3.05, 3.63) is 70.5 Å². The number of benzene rings is 2. The van der Waals surface area contributed by atoms with Gasteiger partial charge in [0.25, 0.3) is 0 Å². The van der Waals surface area contributed by atoms with Crippen molar-refractivity contribution >= 4 is 33.0 Å². The summed E-state index contributed by atoms with van der Waals surface area (Å²) in [5.41, 5.74) is 5.63. The number of amides is 1. The van der Waals surface area contributed by atoms with Crippen molar-refractivity contribution in [2.75, 3.05) is 12.8 Å². The quantitative estimate of drug-likeness (QED) is 0.824. The second-order valence-corrected chi connectivity index (χ2v) is 8.94. The first-order chi connectivity index (χ1) is 13.2. The SMILES string of the molecule is CC(=O)NCCC1=C(C)C(=Cc2ccc(S(C)(=O)=O)cc2)c2ccc(F)cc21. The zero-order chi connectivity index (χ0) is 20.5. The van der Waals surface area contributed by atoms with Crippen LogP contribution < -0.4 is 5.32 Å². The maximum Gasteiger partial charge on any atom is 0.216 e. The van der Waals surface area contributed by atoms with Gasteiger partial charge in [0.1, 0.15) is 5.82 Å². The van der Waals surface area contributed by atoms with E-state index in [1.807, 2.05) is 13.0 Å². The first-order valence-corrected chi connectivity index (χ1v) is 10.8. The van der Waals surface area contributed by atoms with Gasteiger partial charge in [0, 0.05) is 19.7 Å². The molecule has 6 heteroatoms. The number of nitrogens with one attached hydrogen (secondary N) is 1. The van der Waals surface area contributed by atoms with Crippen LogP contribution in [0.4, 0.5) is 4.39 Å². The molecule has 1 aliphatic rings. The lowest BCUT2D eigenvalue weighted by Gasteiger charge is -2.07. The zero-order valence-electron chi connectivity index (χ0n) is 16.0. The van der Waals surface area contributed by atoms with Crippen LogP contribution in [0.5, 0.6) is 0 Å². The topological polar surface area (TPSA) is 63.2 Å². The number of fused-ring (bicyclic) bond motifs is 1. The van der Waals surface area contributed by atoms with Gasteiger partial charge in [-0.1, -0.05) is 18.2 Å². The molecule has 0 heterocycles. The lowest BCUT2D eigenvalue weighted by atomic mass is 10.0. The number of halogens is 1. The average molecular weight is 399 g/mol. The Balaban J connectivity index is 2.01. The largest absolute Gasteiger partial charge is 0.356 e. The van der Waals surface area contributed by atoms with Crippen molar-refractivity contribution in [2.24, 2.45) is 0 Å². The van der Waals surface area contributed by atoms with Crippen molar-refractivity contribution in [3.63, 3.8) is 0 Å². The number of hydrogen-bond donors (Lipinski definition) is 1. The minimum Gasteiger partial charge on any atom is -0.356 e. The molecule has 0 saturated carbocycles. The van der Waals surface area contributed by atoms with E-state index in [1.54, 1.807) is 30.3 Å². The Labute approximate surface area is 164 Å². The van der Waals surface area contributed by atoms with Gasteiger partial charge in [-0.05, 0) is 77.1 Å². The molecule has 1 aliphatic carbocycles. The number of carbonyl (C=O) groups excluding carboxylic acids is 1. The molecular weight excluding hydrogens is 377 g/mol. The van der Waals surface area contributed by atoms with Gasteiger partial charge in [-0.25, -0.2) is 12.8 Å². The third-order valence-electron chi connectivity index (χ3n) is 4.82. The minimum atomic E-state index is -3.24. The number of hydrogen-bond acceptors (Lipinski definition) is 3. The lowest BCUT2D eigenvalue weighted by molar-refractivity contribution is -0.118. The second kappa shape index (κ2) is 7.72. The maximum atomic E-state index is 13.9. The van der Waals surface area contributed by atoms with Gasteiger partial charge >= 0.3 is 0 Å². The average Bonchev–Trinajstić information content (AvgIpc) is 2.86. The van der Waals surface area contributed by atoms with Crippen LogP contribution in [0.2, 0.25) is 0 Å². The zero-order valence-corrected chi connectivity index (χ0v) is 16.9.